The average molecular weight is 417 g/mol. The maximum Gasteiger partial charge on any atom is 0.263 e. The van der Waals surface area contributed by atoms with Gasteiger partial charge in [-0.25, -0.2) is 4.98 Å². The zero-order valence-corrected chi connectivity index (χ0v) is 17.5. The van der Waals surface area contributed by atoms with Crippen LogP contribution in [0, 0.1) is 0 Å². The van der Waals surface area contributed by atoms with Crippen molar-refractivity contribution < 1.29 is 9.53 Å². The number of fused-ring (bicyclic) bond motifs is 5. The molecule has 1 atom stereocenters. The zero-order chi connectivity index (χ0) is 20.8. The highest BCUT2D eigenvalue weighted by Gasteiger charge is 2.24. The van der Waals surface area contributed by atoms with Crippen molar-refractivity contribution in [2.45, 2.75) is 13.0 Å². The molecule has 2 N–H and O–H groups in total. The van der Waals surface area contributed by atoms with Gasteiger partial charge in [-0.1, -0.05) is 6.58 Å². The quantitative estimate of drug-likeness (QED) is 0.506. The van der Waals surface area contributed by atoms with Gasteiger partial charge in [0.25, 0.3) is 5.91 Å². The van der Waals surface area contributed by atoms with E-state index in [4.69, 9.17) is 9.72 Å². The van der Waals surface area contributed by atoms with Crippen molar-refractivity contribution in [1.82, 2.24) is 15.3 Å². The lowest BCUT2D eigenvalue weighted by Crippen LogP contribution is -2.34. The Balaban J connectivity index is 1.67. The fraction of sp³-hybridized carbons (Fsp3) is 0.174. The van der Waals surface area contributed by atoms with Crippen LogP contribution in [-0.2, 0) is 0 Å². The molecule has 0 saturated heterocycles. The first-order valence-electron chi connectivity index (χ1n) is 9.67. The molecule has 5 rings (SSSR count). The number of carbonyl (C=O) groups excluding carboxylic acids is 1. The van der Waals surface area contributed by atoms with Gasteiger partial charge < -0.3 is 15.4 Å². The van der Waals surface area contributed by atoms with Crippen molar-refractivity contribution in [3.63, 3.8) is 0 Å². The van der Waals surface area contributed by atoms with Crippen molar-refractivity contribution in [3.05, 3.63) is 53.7 Å². The molecule has 0 bridgehead atoms. The fourth-order valence-electron chi connectivity index (χ4n) is 3.80. The van der Waals surface area contributed by atoms with E-state index < -0.39 is 0 Å². The lowest BCUT2D eigenvalue weighted by Gasteiger charge is -2.10. The van der Waals surface area contributed by atoms with E-state index in [0.717, 1.165) is 42.8 Å². The van der Waals surface area contributed by atoms with Gasteiger partial charge in [0.2, 0.25) is 0 Å². The Hall–Kier alpha value is -3.45. The second kappa shape index (κ2) is 7.11. The number of benzene rings is 1. The molecule has 30 heavy (non-hydrogen) atoms. The molecule has 4 heterocycles. The Morgan fingerprint density at radius 1 is 1.30 bits per heavy atom. The number of anilines is 1. The predicted octanol–water partition coefficient (Wildman–Crippen LogP) is 4.71. The highest BCUT2D eigenvalue weighted by molar-refractivity contribution is 7.21. The van der Waals surface area contributed by atoms with Gasteiger partial charge in [-0.15, -0.1) is 11.3 Å². The van der Waals surface area contributed by atoms with Crippen molar-refractivity contribution in [3.8, 4) is 17.0 Å². The molecule has 1 amide bonds. The summed E-state index contributed by atoms with van der Waals surface area (Å²) >= 11 is 1.51. The van der Waals surface area contributed by atoms with E-state index in [1.54, 1.807) is 19.4 Å². The van der Waals surface area contributed by atoms with E-state index in [1.165, 1.54) is 11.3 Å². The number of methoxy groups -OCH3 is 1. The number of carbonyl (C=O) groups is 1. The molecule has 150 valence electrons. The predicted molar refractivity (Wildman–Crippen MR) is 122 cm³/mol. The lowest BCUT2D eigenvalue weighted by molar-refractivity contribution is 0.0949. The van der Waals surface area contributed by atoms with E-state index >= 15 is 0 Å². The van der Waals surface area contributed by atoms with Gasteiger partial charge in [-0.2, -0.15) is 0 Å². The highest BCUT2D eigenvalue weighted by Crippen LogP contribution is 2.41. The van der Waals surface area contributed by atoms with Crippen LogP contribution < -0.4 is 15.4 Å². The van der Waals surface area contributed by atoms with Crippen LogP contribution in [0.5, 0.6) is 5.75 Å². The summed E-state index contributed by atoms with van der Waals surface area (Å²) in [5, 5.41) is 8.55. The van der Waals surface area contributed by atoms with Crippen LogP contribution in [0.4, 0.5) is 5.69 Å². The first-order chi connectivity index (χ1) is 14.6. The van der Waals surface area contributed by atoms with Crippen molar-refractivity contribution in [1.29, 1.82) is 0 Å². The van der Waals surface area contributed by atoms with Crippen LogP contribution >= 0.6 is 11.3 Å². The lowest BCUT2D eigenvalue weighted by atomic mass is 10.1. The van der Waals surface area contributed by atoms with Crippen molar-refractivity contribution in [2.75, 3.05) is 19.0 Å². The van der Waals surface area contributed by atoms with E-state index in [2.05, 4.69) is 28.3 Å². The summed E-state index contributed by atoms with van der Waals surface area (Å²) in [6.45, 7) is 6.45. The van der Waals surface area contributed by atoms with Gasteiger partial charge >= 0.3 is 0 Å². The summed E-state index contributed by atoms with van der Waals surface area (Å²) in [5.74, 6) is 0.634. The second-order valence-corrected chi connectivity index (χ2v) is 8.33. The normalized spacial score (nSPS) is 15.9. The molecule has 0 radical (unpaired) electrons. The summed E-state index contributed by atoms with van der Waals surface area (Å²) in [6.07, 6.45) is 3.44. The molecule has 0 aliphatic carbocycles. The molecule has 7 heteroatoms. The number of nitrogens with zero attached hydrogens (tertiary/aromatic N) is 2. The standard InChI is InChI=1S/C23H20N4O2S/c1-4-15-18(29-3)9-13(11-24-15)16-6-5-14-17(27-16)7-8-19-20(14)21-22(30-19)23(28)26-12(2)10-25-21/h4-9,11-12,25H,1,10H2,2-3H3,(H,26,28)/t12-/m1/s1. The topological polar surface area (TPSA) is 76.1 Å². The van der Waals surface area contributed by atoms with Gasteiger partial charge in [-0.3, -0.25) is 9.78 Å². The van der Waals surface area contributed by atoms with E-state index in [-0.39, 0.29) is 11.9 Å². The number of hydrogen-bond donors (Lipinski definition) is 2. The van der Waals surface area contributed by atoms with E-state index in [0.29, 0.717) is 18.0 Å². The Labute approximate surface area is 177 Å². The third kappa shape index (κ3) is 2.90. The summed E-state index contributed by atoms with van der Waals surface area (Å²) in [7, 11) is 1.62. The molecule has 1 aromatic carbocycles. The molecule has 0 spiro atoms. The third-order valence-electron chi connectivity index (χ3n) is 5.28. The van der Waals surface area contributed by atoms with Crippen LogP contribution in [0.2, 0.25) is 0 Å². The molecule has 6 nitrogen and oxygen atoms in total. The molecule has 0 fully saturated rings. The summed E-state index contributed by atoms with van der Waals surface area (Å²) in [4.78, 5) is 22.6. The molecule has 4 aromatic rings. The largest absolute Gasteiger partial charge is 0.494 e. The minimum atomic E-state index is -0.0260. The zero-order valence-electron chi connectivity index (χ0n) is 16.7. The monoisotopic (exact) mass is 416 g/mol. The molecule has 3 aromatic heterocycles. The minimum Gasteiger partial charge on any atom is -0.494 e. The summed E-state index contributed by atoms with van der Waals surface area (Å²) < 4.78 is 6.49. The van der Waals surface area contributed by atoms with Gasteiger partial charge in [0.15, 0.2) is 0 Å². The van der Waals surface area contributed by atoms with Crippen LogP contribution in [0.25, 0.3) is 38.3 Å². The number of aromatic nitrogens is 2. The van der Waals surface area contributed by atoms with Gasteiger partial charge in [0.1, 0.15) is 16.3 Å². The maximum absolute atomic E-state index is 12.6. The van der Waals surface area contributed by atoms with Gasteiger partial charge in [0.05, 0.1) is 24.0 Å². The molecular formula is C23H20N4O2S. The molecular weight excluding hydrogens is 396 g/mol. The first-order valence-corrected chi connectivity index (χ1v) is 10.5. The Kier molecular flexibility index (Phi) is 4.40. The minimum absolute atomic E-state index is 0.0260. The van der Waals surface area contributed by atoms with E-state index in [1.807, 2.05) is 31.2 Å². The van der Waals surface area contributed by atoms with Gasteiger partial charge in [-0.05, 0) is 43.3 Å². The number of ether oxygens (including phenoxy) is 1. The van der Waals surface area contributed by atoms with E-state index in [9.17, 15) is 4.79 Å². The Bertz CT molecular complexity index is 1330. The van der Waals surface area contributed by atoms with Crippen LogP contribution in [0.1, 0.15) is 22.3 Å². The summed E-state index contributed by atoms with van der Waals surface area (Å²) in [5.41, 5.74) is 4.14. The number of pyridine rings is 2. The maximum atomic E-state index is 12.6. The average Bonchev–Trinajstić information content (AvgIpc) is 3.09. The third-order valence-corrected chi connectivity index (χ3v) is 6.44. The molecule has 1 aliphatic rings. The van der Waals surface area contributed by atoms with Crippen molar-refractivity contribution >= 4 is 50.0 Å². The highest BCUT2D eigenvalue weighted by atomic mass is 32.1. The Morgan fingerprint density at radius 2 is 2.17 bits per heavy atom. The number of rotatable bonds is 3. The number of thiophene rings is 1. The number of hydrogen-bond acceptors (Lipinski definition) is 6. The molecule has 1 aliphatic heterocycles. The number of nitrogens with one attached hydrogen (secondary N) is 2. The smallest absolute Gasteiger partial charge is 0.263 e. The Morgan fingerprint density at radius 3 is 2.97 bits per heavy atom. The van der Waals surface area contributed by atoms with Gasteiger partial charge in [0, 0.05) is 39.8 Å². The molecule has 0 unspecified atom stereocenters. The number of amides is 1. The van der Waals surface area contributed by atoms with Crippen molar-refractivity contribution in [2.24, 2.45) is 0 Å². The second-order valence-electron chi connectivity index (χ2n) is 7.28. The fourth-order valence-corrected chi connectivity index (χ4v) is 4.90. The molecule has 0 saturated carbocycles. The van der Waals surface area contributed by atoms with Crippen LogP contribution in [-0.4, -0.2) is 35.6 Å². The first kappa shape index (κ1) is 18.6. The van der Waals surface area contributed by atoms with Crippen LogP contribution in [0.15, 0.2) is 43.1 Å². The SMILES string of the molecule is C=Cc1ncc(-c2ccc3c(ccc4sc5c(c43)NC[C@@H](C)NC5=O)n2)cc1OC. The van der Waals surface area contributed by atoms with Crippen LogP contribution in [0.3, 0.4) is 0 Å². The summed E-state index contributed by atoms with van der Waals surface area (Å²) in [6, 6.07) is 10.1.